The minimum Gasteiger partial charge on any atom is -0.462 e. The molecule has 0 saturated carbocycles. The largest absolute Gasteiger partial charge is 0.475 e. The Bertz CT molecular complexity index is 2260. The van der Waals surface area contributed by atoms with Crippen LogP contribution in [0.2, 0.25) is 0 Å². The van der Waals surface area contributed by atoms with Gasteiger partial charge in [0.15, 0.2) is 6.29 Å². The minimum atomic E-state index is -4.23. The predicted molar refractivity (Wildman–Crippen MR) is 366 cm³/mol. The van der Waals surface area contributed by atoms with Gasteiger partial charge in [-0.15, -0.1) is 0 Å². The molecular formula is C75H122N3O12P. The van der Waals surface area contributed by atoms with Gasteiger partial charge in [0.1, 0.15) is 12.1 Å². The summed E-state index contributed by atoms with van der Waals surface area (Å²) in [6.07, 6.45) is 35.3. The van der Waals surface area contributed by atoms with Crippen LogP contribution in [0.3, 0.4) is 0 Å². The second-order valence-corrected chi connectivity index (χ2v) is 27.0. The van der Waals surface area contributed by atoms with Crippen LogP contribution in [0.1, 0.15) is 281 Å². The highest BCUT2D eigenvalue weighted by Crippen LogP contribution is 2.51. The van der Waals surface area contributed by atoms with Gasteiger partial charge >= 0.3 is 13.8 Å². The Morgan fingerprint density at radius 3 is 1.47 bits per heavy atom. The molecule has 91 heavy (non-hydrogen) atoms. The monoisotopic (exact) mass is 1290 g/mol. The van der Waals surface area contributed by atoms with Gasteiger partial charge in [-0.25, -0.2) is 4.57 Å². The predicted octanol–water partition coefficient (Wildman–Crippen LogP) is 18.4. The molecule has 0 radical (unpaired) electrons. The van der Waals surface area contributed by atoms with Crippen molar-refractivity contribution in [1.29, 1.82) is 0 Å². The van der Waals surface area contributed by atoms with E-state index in [4.69, 9.17) is 32.5 Å². The zero-order chi connectivity index (χ0) is 64.9. The van der Waals surface area contributed by atoms with Gasteiger partial charge in [-0.1, -0.05) is 272 Å². The van der Waals surface area contributed by atoms with E-state index < -0.39 is 31.8 Å². The topological polar surface area (TPSA) is 186 Å². The van der Waals surface area contributed by atoms with Crippen LogP contribution in [0.15, 0.2) is 91.0 Å². The summed E-state index contributed by atoms with van der Waals surface area (Å²) in [5, 5.41) is 9.25. The number of ether oxygens (including phenoxy) is 4. The molecule has 1 fully saturated rings. The Hall–Kier alpha value is -4.47. The van der Waals surface area contributed by atoms with Crippen molar-refractivity contribution in [2.24, 2.45) is 0 Å². The molecule has 16 heteroatoms. The molecule has 0 aromatic heterocycles. The van der Waals surface area contributed by atoms with Crippen molar-refractivity contribution in [2.45, 2.75) is 315 Å². The summed E-state index contributed by atoms with van der Waals surface area (Å²) in [5.74, 6) is -1.35. The van der Waals surface area contributed by atoms with Gasteiger partial charge in [-0.2, -0.15) is 0 Å². The van der Waals surface area contributed by atoms with Gasteiger partial charge in [0.2, 0.25) is 17.7 Å². The van der Waals surface area contributed by atoms with Crippen LogP contribution in [-0.4, -0.2) is 80.6 Å². The lowest BCUT2D eigenvalue weighted by molar-refractivity contribution is -0.167. The van der Waals surface area contributed by atoms with Gasteiger partial charge in [0, 0.05) is 26.0 Å². The maximum absolute atomic E-state index is 14.4. The van der Waals surface area contributed by atoms with E-state index >= 15 is 0 Å². The average Bonchev–Trinajstić information content (AvgIpc) is 3.65. The molecule has 3 N–H and O–H groups in total. The number of unbranched alkanes of at least 4 members (excludes halogenated alkanes) is 24. The first-order valence-electron chi connectivity index (χ1n) is 36.1. The van der Waals surface area contributed by atoms with Crippen molar-refractivity contribution in [3.05, 3.63) is 108 Å². The summed E-state index contributed by atoms with van der Waals surface area (Å²) in [7, 11) is -4.23. The number of esters is 1. The highest BCUT2D eigenvalue weighted by atomic mass is 31.2. The maximum atomic E-state index is 14.4. The first kappa shape index (κ1) is 79.0. The molecule has 5 atom stereocenters. The molecule has 1 saturated heterocycles. The summed E-state index contributed by atoms with van der Waals surface area (Å²) in [4.78, 5) is 56.2. The van der Waals surface area contributed by atoms with E-state index in [9.17, 15) is 23.7 Å². The first-order valence-corrected chi connectivity index (χ1v) is 37.6. The molecular weight excluding hydrogens is 1170 g/mol. The fraction of sp³-hybridized carbons (Fsp3) is 0.707. The van der Waals surface area contributed by atoms with Crippen molar-refractivity contribution < 1.29 is 56.3 Å². The van der Waals surface area contributed by atoms with Gasteiger partial charge in [0.25, 0.3) is 0 Å². The Kier molecular flexibility index (Phi) is 45.9. The standard InChI is InChI=1S/C75H122N3O12P/c1-4-7-10-13-16-19-22-25-37-50-68(85-60-64-43-31-28-32-44-64)58-71(79)77-67(63-86-74-53-40-41-56-84-74)49-42-55-76-75(82)70(54-57-87-91(83,88-61-65-45-33-29-34-46-65)89-62-66-47-35-30-36-48-66)78-72(80)59-69(51-38-26-23-20-17-14-11-8-5-2)90-73(81)52-39-27-24-21-18-15-12-9-6-3/h28-36,43-48,67-70,74H,4-27,37-42,49-63H2,1-3H3,(H,76,82)(H,77,79)(H,78,80). The molecule has 514 valence electrons. The van der Waals surface area contributed by atoms with Gasteiger partial charge in [-0.3, -0.25) is 32.7 Å². The Morgan fingerprint density at radius 1 is 0.505 bits per heavy atom. The average molecular weight is 1290 g/mol. The molecule has 0 spiro atoms. The molecule has 5 unspecified atom stereocenters. The van der Waals surface area contributed by atoms with Crippen molar-refractivity contribution in [3.63, 3.8) is 0 Å². The molecule has 15 nitrogen and oxygen atoms in total. The van der Waals surface area contributed by atoms with Crippen LogP contribution in [0.5, 0.6) is 0 Å². The number of nitrogens with one attached hydrogen (secondary N) is 3. The second-order valence-electron chi connectivity index (χ2n) is 25.3. The Labute approximate surface area is 550 Å². The minimum absolute atomic E-state index is 0.0477. The number of amides is 3. The first-order chi connectivity index (χ1) is 44.6. The fourth-order valence-corrected chi connectivity index (χ4v) is 12.6. The lowest BCUT2D eigenvalue weighted by Gasteiger charge is -2.27. The SMILES string of the molecule is CCCCCCCCCCCC(=O)OC(CCCCCCCCCCC)CC(=O)NC(CCOP(=O)(OCc1ccccc1)OCc1ccccc1)C(=O)NCCCC(COC1CCCCO1)NC(=O)CC(CCCCCCCCCCC)OCc1ccccc1. The van der Waals surface area contributed by atoms with E-state index in [2.05, 4.69) is 36.7 Å². The molecule has 1 aliphatic rings. The van der Waals surface area contributed by atoms with Crippen LogP contribution in [0.4, 0.5) is 0 Å². The van der Waals surface area contributed by atoms with E-state index in [0.717, 1.165) is 107 Å². The van der Waals surface area contributed by atoms with E-state index in [-0.39, 0.29) is 82.5 Å². The van der Waals surface area contributed by atoms with E-state index in [0.29, 0.717) is 38.9 Å². The van der Waals surface area contributed by atoms with Crippen LogP contribution >= 0.6 is 7.82 Å². The Balaban J connectivity index is 1.46. The smallest absolute Gasteiger partial charge is 0.462 e. The van der Waals surface area contributed by atoms with Crippen molar-refractivity contribution >= 4 is 31.5 Å². The molecule has 1 aliphatic heterocycles. The van der Waals surface area contributed by atoms with Crippen LogP contribution < -0.4 is 16.0 Å². The number of carbonyl (C=O) groups is 4. The molecule has 4 rings (SSSR count). The number of benzene rings is 3. The maximum Gasteiger partial charge on any atom is 0.475 e. The fourth-order valence-electron chi connectivity index (χ4n) is 11.4. The summed E-state index contributed by atoms with van der Waals surface area (Å²) in [6, 6.07) is 27.1. The Morgan fingerprint density at radius 2 is 0.967 bits per heavy atom. The molecule has 3 amide bonds. The number of hydrogen-bond donors (Lipinski definition) is 3. The quantitative estimate of drug-likeness (QED) is 0.0276. The zero-order valence-electron chi connectivity index (χ0n) is 56.7. The lowest BCUT2D eigenvalue weighted by Crippen LogP contribution is -2.48. The molecule has 3 aromatic rings. The third-order valence-corrected chi connectivity index (χ3v) is 18.4. The lowest BCUT2D eigenvalue weighted by atomic mass is 10.0. The molecule has 3 aromatic carbocycles. The molecule has 1 heterocycles. The normalized spacial score (nSPS) is 14.7. The highest BCUT2D eigenvalue weighted by Gasteiger charge is 2.31. The van der Waals surface area contributed by atoms with Crippen molar-refractivity contribution in [2.75, 3.05) is 26.4 Å². The third-order valence-electron chi connectivity index (χ3n) is 17.0. The van der Waals surface area contributed by atoms with Crippen molar-refractivity contribution in [1.82, 2.24) is 16.0 Å². The summed E-state index contributed by atoms with van der Waals surface area (Å²) in [6.45, 7) is 7.83. The zero-order valence-corrected chi connectivity index (χ0v) is 57.6. The van der Waals surface area contributed by atoms with Gasteiger partial charge in [0.05, 0.1) is 58.0 Å². The number of phosphoric ester groups is 1. The molecule has 0 bridgehead atoms. The van der Waals surface area contributed by atoms with Crippen LogP contribution in [0, 0.1) is 0 Å². The van der Waals surface area contributed by atoms with E-state index in [1.54, 1.807) is 0 Å². The van der Waals surface area contributed by atoms with E-state index in [1.807, 2.05) is 91.0 Å². The van der Waals surface area contributed by atoms with Crippen molar-refractivity contribution in [3.8, 4) is 0 Å². The van der Waals surface area contributed by atoms with Crippen LogP contribution in [-0.2, 0) is 76.1 Å². The molecule has 0 aliphatic carbocycles. The summed E-state index contributed by atoms with van der Waals surface area (Å²) >= 11 is 0. The number of rotatable bonds is 58. The van der Waals surface area contributed by atoms with Gasteiger partial charge < -0.3 is 34.9 Å². The van der Waals surface area contributed by atoms with Crippen LogP contribution in [0.25, 0.3) is 0 Å². The number of hydrogen-bond acceptors (Lipinski definition) is 12. The van der Waals surface area contributed by atoms with Gasteiger partial charge in [-0.05, 0) is 74.5 Å². The number of carbonyl (C=O) groups excluding carboxylic acids is 4. The summed E-state index contributed by atoms with van der Waals surface area (Å²) < 4.78 is 56.9. The third kappa shape index (κ3) is 41.1. The van der Waals surface area contributed by atoms with E-state index in [1.165, 1.54) is 109 Å². The summed E-state index contributed by atoms with van der Waals surface area (Å²) in [5.41, 5.74) is 2.59. The second kappa shape index (κ2) is 52.9. The highest BCUT2D eigenvalue weighted by molar-refractivity contribution is 7.48. The number of phosphoric acid groups is 1.